The average Bonchev–Trinajstić information content (AvgIpc) is 2.46. The number of nitrogens with two attached hydrogens (primary N) is 1. The Balaban J connectivity index is 2.01. The summed E-state index contributed by atoms with van der Waals surface area (Å²) < 4.78 is 5.50. The molecule has 1 atom stereocenters. The SMILES string of the molecule is CCOc1cncc(C(CC2CCCCC2)NN)c1. The first-order chi connectivity index (χ1) is 9.33. The zero-order chi connectivity index (χ0) is 13.5. The Labute approximate surface area is 115 Å². The number of nitrogens with one attached hydrogen (secondary N) is 1. The number of pyridine rings is 1. The summed E-state index contributed by atoms with van der Waals surface area (Å²) in [5.74, 6) is 7.33. The lowest BCUT2D eigenvalue weighted by Crippen LogP contribution is -2.30. The molecule has 19 heavy (non-hydrogen) atoms. The molecule has 0 bridgehead atoms. The summed E-state index contributed by atoms with van der Waals surface area (Å²) in [5.41, 5.74) is 4.06. The van der Waals surface area contributed by atoms with E-state index in [1.807, 2.05) is 19.2 Å². The fourth-order valence-corrected chi connectivity index (χ4v) is 2.93. The zero-order valence-corrected chi connectivity index (χ0v) is 11.8. The molecule has 0 saturated heterocycles. The Morgan fingerprint density at radius 3 is 2.84 bits per heavy atom. The summed E-state index contributed by atoms with van der Waals surface area (Å²) in [6, 6.07) is 2.22. The highest BCUT2D eigenvalue weighted by Crippen LogP contribution is 2.32. The van der Waals surface area contributed by atoms with Crippen molar-refractivity contribution in [2.24, 2.45) is 11.8 Å². The highest BCUT2D eigenvalue weighted by molar-refractivity contribution is 5.26. The number of nitrogens with zero attached hydrogens (tertiary/aromatic N) is 1. The molecule has 0 radical (unpaired) electrons. The van der Waals surface area contributed by atoms with Gasteiger partial charge in [0.15, 0.2) is 0 Å². The van der Waals surface area contributed by atoms with Crippen LogP contribution in [0.5, 0.6) is 5.75 Å². The summed E-state index contributed by atoms with van der Waals surface area (Å²) in [7, 11) is 0. The Morgan fingerprint density at radius 1 is 1.37 bits per heavy atom. The molecule has 1 fully saturated rings. The standard InChI is InChI=1S/C15H25N3O/c1-2-19-14-9-13(10-17-11-14)15(18-16)8-12-6-4-3-5-7-12/h9-12,15,18H,2-8,16H2,1H3. The fraction of sp³-hybridized carbons (Fsp3) is 0.667. The maximum absolute atomic E-state index is 5.73. The van der Waals surface area contributed by atoms with Crippen LogP contribution in [0.3, 0.4) is 0 Å². The van der Waals surface area contributed by atoms with Crippen LogP contribution >= 0.6 is 0 Å². The minimum atomic E-state index is 0.177. The lowest BCUT2D eigenvalue weighted by atomic mass is 9.84. The van der Waals surface area contributed by atoms with Gasteiger partial charge in [0, 0.05) is 12.2 Å². The predicted molar refractivity (Wildman–Crippen MR) is 76.7 cm³/mol. The molecule has 0 aliphatic heterocycles. The predicted octanol–water partition coefficient (Wildman–Crippen LogP) is 2.96. The minimum absolute atomic E-state index is 0.177. The van der Waals surface area contributed by atoms with Crippen LogP contribution in [-0.2, 0) is 0 Å². The largest absolute Gasteiger partial charge is 0.492 e. The van der Waals surface area contributed by atoms with Gasteiger partial charge in [0.2, 0.25) is 0 Å². The third-order valence-corrected chi connectivity index (χ3v) is 3.94. The number of hydrogen-bond acceptors (Lipinski definition) is 4. The first kappa shape index (κ1) is 14.3. The van der Waals surface area contributed by atoms with E-state index < -0.39 is 0 Å². The van der Waals surface area contributed by atoms with Crippen LogP contribution in [0.15, 0.2) is 18.5 Å². The highest BCUT2D eigenvalue weighted by Gasteiger charge is 2.20. The quantitative estimate of drug-likeness (QED) is 0.612. The van der Waals surface area contributed by atoms with Crippen molar-refractivity contribution in [3.05, 3.63) is 24.0 Å². The van der Waals surface area contributed by atoms with Gasteiger partial charge < -0.3 is 4.74 Å². The summed E-state index contributed by atoms with van der Waals surface area (Å²) in [6.45, 7) is 2.64. The van der Waals surface area contributed by atoms with Gasteiger partial charge in [-0.2, -0.15) is 0 Å². The lowest BCUT2D eigenvalue weighted by molar-refractivity contribution is 0.299. The molecular weight excluding hydrogens is 238 g/mol. The molecule has 1 heterocycles. The van der Waals surface area contributed by atoms with Crippen molar-refractivity contribution < 1.29 is 4.74 Å². The molecule has 4 nitrogen and oxygen atoms in total. The molecule has 1 aliphatic rings. The summed E-state index contributed by atoms with van der Waals surface area (Å²) in [5, 5.41) is 0. The summed E-state index contributed by atoms with van der Waals surface area (Å²) in [4.78, 5) is 4.24. The van der Waals surface area contributed by atoms with Crippen molar-refractivity contribution in [1.29, 1.82) is 0 Å². The van der Waals surface area contributed by atoms with Crippen molar-refractivity contribution in [2.75, 3.05) is 6.61 Å². The molecule has 4 heteroatoms. The van der Waals surface area contributed by atoms with Gasteiger partial charge in [-0.25, -0.2) is 0 Å². The van der Waals surface area contributed by atoms with Crippen LogP contribution in [0.4, 0.5) is 0 Å². The van der Waals surface area contributed by atoms with Crippen LogP contribution in [0.1, 0.15) is 57.1 Å². The first-order valence-corrected chi connectivity index (χ1v) is 7.37. The second-order valence-corrected chi connectivity index (χ2v) is 5.35. The van der Waals surface area contributed by atoms with E-state index in [2.05, 4.69) is 10.4 Å². The van der Waals surface area contributed by atoms with Crippen molar-refractivity contribution >= 4 is 0 Å². The Bertz CT molecular complexity index is 377. The molecule has 1 saturated carbocycles. The third kappa shape index (κ3) is 4.18. The molecule has 0 spiro atoms. The molecule has 0 amide bonds. The Kier molecular flexibility index (Phi) is 5.61. The zero-order valence-electron chi connectivity index (χ0n) is 11.8. The second kappa shape index (κ2) is 7.46. The lowest BCUT2D eigenvalue weighted by Gasteiger charge is -2.26. The van der Waals surface area contributed by atoms with Crippen LogP contribution < -0.4 is 16.0 Å². The van der Waals surface area contributed by atoms with Gasteiger partial charge in [-0.05, 0) is 30.9 Å². The highest BCUT2D eigenvalue weighted by atomic mass is 16.5. The molecule has 1 unspecified atom stereocenters. The molecule has 1 aliphatic carbocycles. The molecular formula is C15H25N3O. The van der Waals surface area contributed by atoms with Crippen molar-refractivity contribution in [3.8, 4) is 5.75 Å². The van der Waals surface area contributed by atoms with Gasteiger partial charge in [0.1, 0.15) is 5.75 Å². The van der Waals surface area contributed by atoms with E-state index >= 15 is 0 Å². The Hall–Kier alpha value is -1.13. The fourth-order valence-electron chi connectivity index (χ4n) is 2.93. The van der Waals surface area contributed by atoms with Gasteiger partial charge >= 0.3 is 0 Å². The smallest absolute Gasteiger partial charge is 0.137 e. The molecule has 0 aromatic carbocycles. The monoisotopic (exact) mass is 263 g/mol. The van der Waals surface area contributed by atoms with Crippen molar-refractivity contribution in [2.45, 2.75) is 51.5 Å². The van der Waals surface area contributed by atoms with Gasteiger partial charge in [0.25, 0.3) is 0 Å². The van der Waals surface area contributed by atoms with Crippen LogP contribution in [0.2, 0.25) is 0 Å². The molecule has 2 rings (SSSR count). The van der Waals surface area contributed by atoms with E-state index in [0.717, 1.165) is 23.7 Å². The van der Waals surface area contributed by atoms with E-state index in [0.29, 0.717) is 6.61 Å². The maximum atomic E-state index is 5.73. The van der Waals surface area contributed by atoms with E-state index in [-0.39, 0.29) is 6.04 Å². The van der Waals surface area contributed by atoms with Gasteiger partial charge in [-0.1, -0.05) is 32.1 Å². The van der Waals surface area contributed by atoms with Gasteiger partial charge in [0.05, 0.1) is 12.8 Å². The maximum Gasteiger partial charge on any atom is 0.137 e. The number of hydrogen-bond donors (Lipinski definition) is 2. The second-order valence-electron chi connectivity index (χ2n) is 5.35. The third-order valence-electron chi connectivity index (χ3n) is 3.94. The number of ether oxygens (including phenoxy) is 1. The van der Waals surface area contributed by atoms with E-state index in [4.69, 9.17) is 10.6 Å². The van der Waals surface area contributed by atoms with Crippen LogP contribution in [0, 0.1) is 5.92 Å². The summed E-state index contributed by atoms with van der Waals surface area (Å²) in [6.07, 6.45) is 11.5. The number of rotatable bonds is 6. The minimum Gasteiger partial charge on any atom is -0.492 e. The summed E-state index contributed by atoms with van der Waals surface area (Å²) >= 11 is 0. The number of aromatic nitrogens is 1. The normalized spacial score (nSPS) is 18.2. The van der Waals surface area contributed by atoms with E-state index in [1.165, 1.54) is 32.1 Å². The van der Waals surface area contributed by atoms with Gasteiger partial charge in [-0.15, -0.1) is 0 Å². The Morgan fingerprint density at radius 2 is 2.16 bits per heavy atom. The first-order valence-electron chi connectivity index (χ1n) is 7.37. The van der Waals surface area contributed by atoms with Crippen molar-refractivity contribution in [1.82, 2.24) is 10.4 Å². The van der Waals surface area contributed by atoms with Crippen LogP contribution in [0.25, 0.3) is 0 Å². The topological polar surface area (TPSA) is 60.2 Å². The molecule has 1 aromatic rings. The molecule has 3 N–H and O–H groups in total. The molecule has 106 valence electrons. The van der Waals surface area contributed by atoms with Crippen LogP contribution in [-0.4, -0.2) is 11.6 Å². The van der Waals surface area contributed by atoms with E-state index in [1.54, 1.807) is 6.20 Å². The number of hydrazine groups is 1. The van der Waals surface area contributed by atoms with Gasteiger partial charge in [-0.3, -0.25) is 16.3 Å². The molecule has 1 aromatic heterocycles. The van der Waals surface area contributed by atoms with Crippen molar-refractivity contribution in [3.63, 3.8) is 0 Å². The van der Waals surface area contributed by atoms with E-state index in [9.17, 15) is 0 Å². The average molecular weight is 263 g/mol.